The van der Waals surface area contributed by atoms with Crippen molar-refractivity contribution in [2.75, 3.05) is 24.7 Å². The molecule has 0 atom stereocenters. The molecule has 1 aromatic carbocycles. The summed E-state index contributed by atoms with van der Waals surface area (Å²) in [7, 11) is 1.65. The number of rotatable bonds is 5. The van der Waals surface area contributed by atoms with Crippen molar-refractivity contribution in [1.82, 2.24) is 9.97 Å². The van der Waals surface area contributed by atoms with E-state index in [0.29, 0.717) is 23.7 Å². The summed E-state index contributed by atoms with van der Waals surface area (Å²) < 4.78 is 5.12. The van der Waals surface area contributed by atoms with Crippen molar-refractivity contribution >= 4 is 23.1 Å². The maximum absolute atomic E-state index is 5.91. The van der Waals surface area contributed by atoms with Crippen LogP contribution in [0.2, 0.25) is 5.28 Å². The highest BCUT2D eigenvalue weighted by Gasteiger charge is 2.07. The maximum Gasteiger partial charge on any atom is 0.224 e. The first-order valence-corrected chi connectivity index (χ1v) is 6.64. The third-order valence-corrected chi connectivity index (χ3v) is 3.14. The highest BCUT2D eigenvalue weighted by atomic mass is 35.5. The zero-order valence-electron chi connectivity index (χ0n) is 11.5. The van der Waals surface area contributed by atoms with Crippen molar-refractivity contribution in [2.45, 2.75) is 13.3 Å². The van der Waals surface area contributed by atoms with Gasteiger partial charge in [-0.3, -0.25) is 0 Å². The van der Waals surface area contributed by atoms with Crippen LogP contribution in [0.4, 0.5) is 11.5 Å². The third kappa shape index (κ3) is 3.51. The zero-order valence-corrected chi connectivity index (χ0v) is 12.2. The molecule has 2 aromatic rings. The van der Waals surface area contributed by atoms with E-state index in [1.807, 2.05) is 24.3 Å². The lowest BCUT2D eigenvalue weighted by Crippen LogP contribution is -2.10. The quantitative estimate of drug-likeness (QED) is 0.829. The van der Waals surface area contributed by atoms with Gasteiger partial charge < -0.3 is 15.8 Å². The minimum absolute atomic E-state index is 0.198. The molecule has 0 aliphatic carbocycles. The second-order valence-electron chi connectivity index (χ2n) is 4.37. The number of hydrogen-bond acceptors (Lipinski definition) is 5. The third-order valence-electron chi connectivity index (χ3n) is 2.97. The van der Waals surface area contributed by atoms with Crippen LogP contribution in [-0.4, -0.2) is 23.6 Å². The van der Waals surface area contributed by atoms with Crippen LogP contribution in [0.5, 0.6) is 5.75 Å². The summed E-state index contributed by atoms with van der Waals surface area (Å²) in [4.78, 5) is 8.08. The Labute approximate surface area is 123 Å². The Hall–Kier alpha value is -2.01. The van der Waals surface area contributed by atoms with E-state index in [9.17, 15) is 0 Å². The second kappa shape index (κ2) is 6.43. The van der Waals surface area contributed by atoms with Gasteiger partial charge in [0.2, 0.25) is 5.28 Å². The Bertz CT molecular complexity index is 586. The van der Waals surface area contributed by atoms with Gasteiger partial charge in [0.05, 0.1) is 18.5 Å². The van der Waals surface area contributed by atoms with Gasteiger partial charge in [0, 0.05) is 6.54 Å². The SMILES string of the molecule is COc1ccc(CCNc2nc(Cl)nc(C)c2N)cc1. The summed E-state index contributed by atoms with van der Waals surface area (Å²) in [5.74, 6) is 1.43. The summed E-state index contributed by atoms with van der Waals surface area (Å²) in [6.45, 7) is 2.51. The maximum atomic E-state index is 5.91. The predicted octanol–water partition coefficient (Wildman–Crippen LogP) is 2.68. The lowest BCUT2D eigenvalue weighted by molar-refractivity contribution is 0.414. The average molecular weight is 293 g/mol. The molecule has 0 fully saturated rings. The van der Waals surface area contributed by atoms with E-state index in [1.165, 1.54) is 5.56 Å². The second-order valence-corrected chi connectivity index (χ2v) is 4.70. The molecule has 0 saturated heterocycles. The van der Waals surface area contributed by atoms with Crippen molar-refractivity contribution in [3.05, 3.63) is 40.8 Å². The number of nitrogens with two attached hydrogens (primary N) is 1. The van der Waals surface area contributed by atoms with E-state index in [4.69, 9.17) is 22.1 Å². The first kappa shape index (κ1) is 14.4. The standard InChI is InChI=1S/C14H17ClN4O/c1-9-12(16)13(19-14(15)18-9)17-8-7-10-3-5-11(20-2)6-4-10/h3-6H,7-8,16H2,1-2H3,(H,17,18,19). The van der Waals surface area contributed by atoms with Gasteiger partial charge in [0.15, 0.2) is 5.82 Å². The molecule has 0 bridgehead atoms. The fourth-order valence-electron chi connectivity index (χ4n) is 1.80. The number of aromatic nitrogens is 2. The molecule has 0 aliphatic rings. The topological polar surface area (TPSA) is 73.1 Å². The van der Waals surface area contributed by atoms with Crippen LogP contribution in [0.25, 0.3) is 0 Å². The van der Waals surface area contributed by atoms with Gasteiger partial charge in [-0.2, -0.15) is 4.98 Å². The number of ether oxygens (including phenoxy) is 1. The van der Waals surface area contributed by atoms with Crippen LogP contribution < -0.4 is 15.8 Å². The number of halogens is 1. The first-order chi connectivity index (χ1) is 9.60. The molecule has 0 aliphatic heterocycles. The molecule has 2 rings (SSSR count). The van der Waals surface area contributed by atoms with E-state index >= 15 is 0 Å². The molecule has 0 unspecified atom stereocenters. The lowest BCUT2D eigenvalue weighted by atomic mass is 10.1. The van der Waals surface area contributed by atoms with Crippen LogP contribution in [0.1, 0.15) is 11.3 Å². The molecule has 3 N–H and O–H groups in total. The Morgan fingerprint density at radius 1 is 1.25 bits per heavy atom. The Morgan fingerprint density at radius 2 is 1.95 bits per heavy atom. The Morgan fingerprint density at radius 3 is 2.60 bits per heavy atom. The van der Waals surface area contributed by atoms with Crippen LogP contribution in [0, 0.1) is 6.92 Å². The molecule has 1 aromatic heterocycles. The summed E-state index contributed by atoms with van der Waals surface area (Å²) in [5, 5.41) is 3.38. The summed E-state index contributed by atoms with van der Waals surface area (Å²) in [6, 6.07) is 7.94. The van der Waals surface area contributed by atoms with Crippen LogP contribution >= 0.6 is 11.6 Å². The molecule has 6 heteroatoms. The van der Waals surface area contributed by atoms with Crippen molar-refractivity contribution in [1.29, 1.82) is 0 Å². The molecule has 0 amide bonds. The fraction of sp³-hybridized carbons (Fsp3) is 0.286. The van der Waals surface area contributed by atoms with E-state index in [0.717, 1.165) is 12.2 Å². The minimum atomic E-state index is 0.198. The van der Waals surface area contributed by atoms with Crippen LogP contribution in [0.3, 0.4) is 0 Å². The van der Waals surface area contributed by atoms with E-state index < -0.39 is 0 Å². The average Bonchev–Trinajstić information content (AvgIpc) is 2.44. The molecule has 1 heterocycles. The lowest BCUT2D eigenvalue weighted by Gasteiger charge is -2.10. The molecule has 0 saturated carbocycles. The number of nitrogens with one attached hydrogen (secondary N) is 1. The first-order valence-electron chi connectivity index (χ1n) is 6.26. The number of hydrogen-bond donors (Lipinski definition) is 2. The van der Waals surface area contributed by atoms with Gasteiger partial charge in [-0.1, -0.05) is 12.1 Å². The molecule has 20 heavy (non-hydrogen) atoms. The normalized spacial score (nSPS) is 10.3. The smallest absolute Gasteiger partial charge is 0.224 e. The predicted molar refractivity (Wildman–Crippen MR) is 81.4 cm³/mol. The van der Waals surface area contributed by atoms with Crippen LogP contribution in [-0.2, 0) is 6.42 Å². The van der Waals surface area contributed by atoms with Gasteiger partial charge in [-0.05, 0) is 42.6 Å². The number of aryl methyl sites for hydroxylation is 1. The van der Waals surface area contributed by atoms with Crippen molar-refractivity contribution in [3.63, 3.8) is 0 Å². The number of benzene rings is 1. The molecule has 0 spiro atoms. The fourth-order valence-corrected chi connectivity index (χ4v) is 2.01. The number of methoxy groups -OCH3 is 1. The van der Waals surface area contributed by atoms with Gasteiger partial charge in [0.25, 0.3) is 0 Å². The molecule has 5 nitrogen and oxygen atoms in total. The summed E-state index contributed by atoms with van der Waals surface area (Å²) in [6.07, 6.45) is 0.851. The zero-order chi connectivity index (χ0) is 14.5. The van der Waals surface area contributed by atoms with E-state index in [2.05, 4.69) is 15.3 Å². The van der Waals surface area contributed by atoms with E-state index in [1.54, 1.807) is 14.0 Å². The van der Waals surface area contributed by atoms with Gasteiger partial charge >= 0.3 is 0 Å². The monoisotopic (exact) mass is 292 g/mol. The molecular formula is C14H17ClN4O. The van der Waals surface area contributed by atoms with Crippen LogP contribution in [0.15, 0.2) is 24.3 Å². The van der Waals surface area contributed by atoms with Crippen molar-refractivity contribution in [2.24, 2.45) is 0 Å². The summed E-state index contributed by atoms with van der Waals surface area (Å²) in [5.41, 5.74) is 8.32. The largest absolute Gasteiger partial charge is 0.497 e. The number of nitrogens with zero attached hydrogens (tertiary/aromatic N) is 2. The van der Waals surface area contributed by atoms with Crippen molar-refractivity contribution in [3.8, 4) is 5.75 Å². The highest BCUT2D eigenvalue weighted by Crippen LogP contribution is 2.20. The minimum Gasteiger partial charge on any atom is -0.497 e. The number of nitrogen functional groups attached to an aromatic ring is 1. The van der Waals surface area contributed by atoms with E-state index in [-0.39, 0.29) is 5.28 Å². The van der Waals surface area contributed by atoms with Gasteiger partial charge in [-0.15, -0.1) is 0 Å². The highest BCUT2D eigenvalue weighted by molar-refractivity contribution is 6.28. The molecule has 106 valence electrons. The summed E-state index contributed by atoms with van der Waals surface area (Å²) >= 11 is 5.82. The number of anilines is 2. The van der Waals surface area contributed by atoms with Crippen molar-refractivity contribution < 1.29 is 4.74 Å². The Balaban J connectivity index is 1.95. The van der Waals surface area contributed by atoms with Gasteiger partial charge in [0.1, 0.15) is 5.75 Å². The molecular weight excluding hydrogens is 276 g/mol. The Kier molecular flexibility index (Phi) is 4.63. The molecule has 0 radical (unpaired) electrons. The van der Waals surface area contributed by atoms with Gasteiger partial charge in [-0.25, -0.2) is 4.98 Å².